The molecule has 1 heterocycles. The molecule has 0 amide bonds. The molecule has 106 valence electrons. The third-order valence-corrected chi connectivity index (χ3v) is 3.38. The molecular weight excluding hydrogens is 279 g/mol. The highest BCUT2D eigenvalue weighted by Crippen LogP contribution is 2.33. The summed E-state index contributed by atoms with van der Waals surface area (Å²) >= 11 is 1.48. The van der Waals surface area contributed by atoms with Gasteiger partial charge in [-0.3, -0.25) is 0 Å². The Morgan fingerprint density at radius 3 is 2.63 bits per heavy atom. The third-order valence-electron chi connectivity index (χ3n) is 2.39. The summed E-state index contributed by atoms with van der Waals surface area (Å²) in [5, 5.41) is 2.36. The molecule has 3 nitrogen and oxygen atoms in total. The van der Waals surface area contributed by atoms with Crippen LogP contribution in [0.5, 0.6) is 11.5 Å². The van der Waals surface area contributed by atoms with Crippen LogP contribution in [0.25, 0.3) is 0 Å². The van der Waals surface area contributed by atoms with Gasteiger partial charge in [0.15, 0.2) is 11.5 Å². The number of fused-ring (bicyclic) bond motifs is 1. The van der Waals surface area contributed by atoms with E-state index in [0.717, 1.165) is 4.90 Å². The summed E-state index contributed by atoms with van der Waals surface area (Å²) in [7, 11) is 0. The quantitative estimate of drug-likeness (QED) is 0.668. The van der Waals surface area contributed by atoms with Gasteiger partial charge in [-0.1, -0.05) is 0 Å². The molecule has 0 saturated carbocycles. The molecule has 0 aromatic heterocycles. The summed E-state index contributed by atoms with van der Waals surface area (Å²) in [6.07, 6.45) is -4.15. The second kappa shape index (κ2) is 6.38. The second-order valence-electron chi connectivity index (χ2n) is 3.95. The van der Waals surface area contributed by atoms with Crippen LogP contribution in [0.15, 0.2) is 23.1 Å². The molecule has 0 spiro atoms. The Morgan fingerprint density at radius 2 is 1.89 bits per heavy atom. The van der Waals surface area contributed by atoms with Gasteiger partial charge in [-0.2, -0.15) is 13.2 Å². The van der Waals surface area contributed by atoms with Crippen molar-refractivity contribution < 1.29 is 22.6 Å². The van der Waals surface area contributed by atoms with Gasteiger partial charge in [-0.05, 0) is 18.2 Å². The number of benzene rings is 1. The van der Waals surface area contributed by atoms with E-state index in [1.165, 1.54) is 11.8 Å². The van der Waals surface area contributed by atoms with E-state index in [9.17, 15) is 13.2 Å². The van der Waals surface area contributed by atoms with Crippen LogP contribution < -0.4 is 14.8 Å². The van der Waals surface area contributed by atoms with Crippen LogP contribution in [0.2, 0.25) is 0 Å². The van der Waals surface area contributed by atoms with E-state index in [1.54, 1.807) is 0 Å². The molecule has 0 unspecified atom stereocenters. The summed E-state index contributed by atoms with van der Waals surface area (Å²) in [5.74, 6) is 1.97. The van der Waals surface area contributed by atoms with Crippen molar-refractivity contribution >= 4 is 11.8 Å². The Balaban J connectivity index is 1.74. The third kappa shape index (κ3) is 4.83. The molecule has 2 rings (SSSR count). The first-order valence-electron chi connectivity index (χ1n) is 5.84. The summed E-state index contributed by atoms with van der Waals surface area (Å²) in [5.41, 5.74) is 0. The van der Waals surface area contributed by atoms with Gasteiger partial charge in [-0.25, -0.2) is 0 Å². The Kier molecular flexibility index (Phi) is 4.81. The molecule has 0 aliphatic carbocycles. The van der Waals surface area contributed by atoms with Crippen molar-refractivity contribution in [3.63, 3.8) is 0 Å². The van der Waals surface area contributed by atoms with Crippen LogP contribution in [0, 0.1) is 0 Å². The van der Waals surface area contributed by atoms with Gasteiger partial charge in [0.2, 0.25) is 0 Å². The molecule has 1 aromatic rings. The molecule has 0 saturated heterocycles. The lowest BCUT2D eigenvalue weighted by atomic mass is 10.3. The maximum absolute atomic E-state index is 11.9. The number of thioether (sulfide) groups is 1. The highest BCUT2D eigenvalue weighted by molar-refractivity contribution is 7.99. The predicted octanol–water partition coefficient (Wildman–Crippen LogP) is 2.70. The van der Waals surface area contributed by atoms with Crippen LogP contribution in [0.1, 0.15) is 0 Å². The molecule has 1 N–H and O–H groups in total. The van der Waals surface area contributed by atoms with E-state index in [0.29, 0.717) is 37.0 Å². The van der Waals surface area contributed by atoms with Crippen molar-refractivity contribution in [2.75, 3.05) is 32.1 Å². The topological polar surface area (TPSA) is 30.5 Å². The fraction of sp³-hybridized carbons (Fsp3) is 0.500. The van der Waals surface area contributed by atoms with Gasteiger partial charge in [0.25, 0.3) is 0 Å². The Morgan fingerprint density at radius 1 is 1.16 bits per heavy atom. The Hall–Kier alpha value is -1.08. The van der Waals surface area contributed by atoms with Crippen LogP contribution in [0.4, 0.5) is 13.2 Å². The lowest BCUT2D eigenvalue weighted by Gasteiger charge is -2.18. The largest absolute Gasteiger partial charge is 0.486 e. The van der Waals surface area contributed by atoms with Crippen molar-refractivity contribution in [1.29, 1.82) is 0 Å². The predicted molar refractivity (Wildman–Crippen MR) is 67.1 cm³/mol. The molecule has 19 heavy (non-hydrogen) atoms. The smallest absolute Gasteiger partial charge is 0.401 e. The number of alkyl halides is 3. The first kappa shape index (κ1) is 14.3. The summed E-state index contributed by atoms with van der Waals surface area (Å²) < 4.78 is 46.5. The molecule has 0 fully saturated rings. The molecule has 0 bridgehead atoms. The van der Waals surface area contributed by atoms with Gasteiger partial charge in [0.05, 0.1) is 6.54 Å². The molecule has 1 aromatic carbocycles. The monoisotopic (exact) mass is 293 g/mol. The van der Waals surface area contributed by atoms with E-state index in [4.69, 9.17) is 9.47 Å². The van der Waals surface area contributed by atoms with Gasteiger partial charge in [0.1, 0.15) is 13.2 Å². The number of halogens is 3. The van der Waals surface area contributed by atoms with Crippen LogP contribution >= 0.6 is 11.8 Å². The van der Waals surface area contributed by atoms with Crippen molar-refractivity contribution in [1.82, 2.24) is 5.32 Å². The number of rotatable bonds is 5. The zero-order valence-corrected chi connectivity index (χ0v) is 10.9. The van der Waals surface area contributed by atoms with E-state index in [-0.39, 0.29) is 0 Å². The average molecular weight is 293 g/mol. The van der Waals surface area contributed by atoms with Crippen LogP contribution in [0.3, 0.4) is 0 Å². The Labute approximate surface area is 113 Å². The molecule has 0 radical (unpaired) electrons. The second-order valence-corrected chi connectivity index (χ2v) is 5.11. The molecule has 1 aliphatic heterocycles. The lowest BCUT2D eigenvalue weighted by molar-refractivity contribution is -0.124. The summed E-state index contributed by atoms with van der Waals surface area (Å²) in [4.78, 5) is 0.957. The Bertz CT molecular complexity index is 426. The number of hydrogen-bond donors (Lipinski definition) is 1. The van der Waals surface area contributed by atoms with E-state index in [2.05, 4.69) is 5.32 Å². The van der Waals surface area contributed by atoms with Crippen molar-refractivity contribution in [2.24, 2.45) is 0 Å². The fourth-order valence-electron chi connectivity index (χ4n) is 1.58. The average Bonchev–Trinajstić information content (AvgIpc) is 2.37. The van der Waals surface area contributed by atoms with Crippen molar-refractivity contribution in [3.05, 3.63) is 18.2 Å². The fourth-order valence-corrected chi connectivity index (χ4v) is 2.42. The molecule has 0 atom stereocenters. The molecular formula is C12H14F3NO2S. The van der Waals surface area contributed by atoms with E-state index < -0.39 is 12.7 Å². The maximum Gasteiger partial charge on any atom is 0.401 e. The minimum Gasteiger partial charge on any atom is -0.486 e. The maximum atomic E-state index is 11.9. The lowest BCUT2D eigenvalue weighted by Crippen LogP contribution is -2.30. The van der Waals surface area contributed by atoms with Gasteiger partial charge < -0.3 is 14.8 Å². The van der Waals surface area contributed by atoms with Crippen LogP contribution in [-0.2, 0) is 0 Å². The summed E-state index contributed by atoms with van der Waals surface area (Å²) in [6, 6.07) is 5.55. The number of ether oxygens (including phenoxy) is 2. The minimum atomic E-state index is -4.15. The minimum absolute atomic E-state index is 0.304. The van der Waals surface area contributed by atoms with Gasteiger partial charge >= 0.3 is 6.18 Å². The first-order chi connectivity index (χ1) is 9.04. The number of nitrogens with one attached hydrogen (secondary N) is 1. The van der Waals surface area contributed by atoms with Gasteiger partial charge in [0, 0.05) is 17.2 Å². The number of hydrogen-bond acceptors (Lipinski definition) is 4. The SMILES string of the molecule is FC(F)(F)CNCCSc1ccc2c(c1)OCCO2. The normalized spacial score (nSPS) is 14.5. The highest BCUT2D eigenvalue weighted by atomic mass is 32.2. The van der Waals surface area contributed by atoms with Gasteiger partial charge in [-0.15, -0.1) is 11.8 Å². The zero-order chi connectivity index (χ0) is 13.7. The van der Waals surface area contributed by atoms with Crippen molar-refractivity contribution in [2.45, 2.75) is 11.1 Å². The molecule has 7 heteroatoms. The summed E-state index contributed by atoms with van der Waals surface area (Å²) in [6.45, 7) is 0.419. The van der Waals surface area contributed by atoms with E-state index >= 15 is 0 Å². The highest BCUT2D eigenvalue weighted by Gasteiger charge is 2.25. The van der Waals surface area contributed by atoms with Crippen molar-refractivity contribution in [3.8, 4) is 11.5 Å². The molecule has 1 aliphatic rings. The first-order valence-corrected chi connectivity index (χ1v) is 6.83. The standard InChI is InChI=1S/C12H14F3NO2S/c13-12(14,15)8-16-3-6-19-9-1-2-10-11(7-9)18-5-4-17-10/h1-2,7,16H,3-6,8H2. The van der Waals surface area contributed by atoms with E-state index in [1.807, 2.05) is 18.2 Å². The zero-order valence-electron chi connectivity index (χ0n) is 10.1. The van der Waals surface area contributed by atoms with Crippen LogP contribution in [-0.4, -0.2) is 38.2 Å².